The Morgan fingerprint density at radius 1 is 1.37 bits per heavy atom. The zero-order valence-electron chi connectivity index (χ0n) is 10.8. The van der Waals surface area contributed by atoms with Crippen molar-refractivity contribution in [1.82, 2.24) is 25.0 Å². The fourth-order valence-electron chi connectivity index (χ4n) is 2.25. The molecule has 1 fully saturated rings. The lowest BCUT2D eigenvalue weighted by Gasteiger charge is -2.32. The molecular formula is C11H18F3N5. The minimum Gasteiger partial charge on any atom is -0.320 e. The van der Waals surface area contributed by atoms with Crippen molar-refractivity contribution in [2.24, 2.45) is 7.05 Å². The van der Waals surface area contributed by atoms with E-state index >= 15 is 0 Å². The number of hydrogen-bond acceptors (Lipinski definition) is 4. The highest BCUT2D eigenvalue weighted by Crippen LogP contribution is 2.19. The quantitative estimate of drug-likeness (QED) is 0.889. The minimum absolute atomic E-state index is 0.251. The number of halogens is 3. The van der Waals surface area contributed by atoms with E-state index in [0.717, 1.165) is 18.7 Å². The summed E-state index contributed by atoms with van der Waals surface area (Å²) in [5.41, 5.74) is 0. The smallest absolute Gasteiger partial charge is 0.320 e. The SMILES string of the molecule is Cn1cnnc1CNC1CCN(CC(F)(F)F)CC1. The molecule has 19 heavy (non-hydrogen) atoms. The van der Waals surface area contributed by atoms with Crippen LogP contribution in [0.15, 0.2) is 6.33 Å². The van der Waals surface area contributed by atoms with Crippen molar-refractivity contribution in [3.05, 3.63) is 12.2 Å². The molecule has 1 saturated heterocycles. The maximum Gasteiger partial charge on any atom is 0.401 e. The highest BCUT2D eigenvalue weighted by Gasteiger charge is 2.32. The number of aryl methyl sites for hydroxylation is 1. The average molecular weight is 277 g/mol. The van der Waals surface area contributed by atoms with Crippen molar-refractivity contribution >= 4 is 0 Å². The zero-order valence-corrected chi connectivity index (χ0v) is 10.8. The van der Waals surface area contributed by atoms with Crippen molar-refractivity contribution in [1.29, 1.82) is 0 Å². The highest BCUT2D eigenvalue weighted by atomic mass is 19.4. The van der Waals surface area contributed by atoms with E-state index in [2.05, 4.69) is 15.5 Å². The van der Waals surface area contributed by atoms with E-state index in [1.54, 1.807) is 6.33 Å². The van der Waals surface area contributed by atoms with Gasteiger partial charge in [-0.25, -0.2) is 0 Å². The molecule has 0 unspecified atom stereocenters. The van der Waals surface area contributed by atoms with Crippen LogP contribution in [-0.4, -0.2) is 51.5 Å². The van der Waals surface area contributed by atoms with Gasteiger partial charge in [-0.05, 0) is 25.9 Å². The summed E-state index contributed by atoms with van der Waals surface area (Å²) in [7, 11) is 1.86. The van der Waals surface area contributed by atoms with Crippen LogP contribution in [0.3, 0.4) is 0 Å². The van der Waals surface area contributed by atoms with Gasteiger partial charge in [0.1, 0.15) is 12.2 Å². The van der Waals surface area contributed by atoms with Crippen molar-refractivity contribution in [3.63, 3.8) is 0 Å². The first kappa shape index (κ1) is 14.3. The Balaban J connectivity index is 1.70. The van der Waals surface area contributed by atoms with Gasteiger partial charge < -0.3 is 9.88 Å². The molecule has 2 rings (SSSR count). The zero-order chi connectivity index (χ0) is 13.9. The number of alkyl halides is 3. The minimum atomic E-state index is -4.10. The number of piperidine rings is 1. The molecule has 0 aromatic carbocycles. The number of nitrogens with one attached hydrogen (secondary N) is 1. The summed E-state index contributed by atoms with van der Waals surface area (Å²) in [6, 6.07) is 0.251. The molecule has 0 amide bonds. The standard InChI is InChI=1S/C11H18F3N5/c1-18-8-16-17-10(18)6-15-9-2-4-19(5-3-9)7-11(12,13)14/h8-9,15H,2-7H2,1H3. The molecule has 0 aliphatic carbocycles. The molecule has 1 N–H and O–H groups in total. The molecule has 0 bridgehead atoms. The summed E-state index contributed by atoms with van der Waals surface area (Å²) in [6.07, 6.45) is -1.01. The van der Waals surface area contributed by atoms with Crippen LogP contribution in [0.4, 0.5) is 13.2 Å². The van der Waals surface area contributed by atoms with E-state index in [1.165, 1.54) is 4.90 Å². The number of aromatic nitrogens is 3. The number of likely N-dealkylation sites (tertiary alicyclic amines) is 1. The molecule has 1 aromatic rings. The number of nitrogens with zero attached hydrogens (tertiary/aromatic N) is 4. The van der Waals surface area contributed by atoms with E-state index in [0.29, 0.717) is 19.6 Å². The third kappa shape index (κ3) is 4.46. The van der Waals surface area contributed by atoms with Crippen LogP contribution in [0.1, 0.15) is 18.7 Å². The summed E-state index contributed by atoms with van der Waals surface area (Å²) in [4.78, 5) is 1.46. The Hall–Kier alpha value is -1.15. The number of hydrogen-bond donors (Lipinski definition) is 1. The molecule has 108 valence electrons. The van der Waals surface area contributed by atoms with Crippen LogP contribution < -0.4 is 5.32 Å². The summed E-state index contributed by atoms with van der Waals surface area (Å²) < 4.78 is 38.5. The van der Waals surface area contributed by atoms with Gasteiger partial charge in [0, 0.05) is 13.1 Å². The summed E-state index contributed by atoms with van der Waals surface area (Å²) >= 11 is 0. The lowest BCUT2D eigenvalue weighted by atomic mass is 10.1. The lowest BCUT2D eigenvalue weighted by Crippen LogP contribution is -2.45. The molecule has 1 aromatic heterocycles. The monoisotopic (exact) mass is 277 g/mol. The first-order chi connectivity index (χ1) is 8.94. The Labute approximate surface area is 109 Å². The van der Waals surface area contributed by atoms with Gasteiger partial charge in [-0.15, -0.1) is 10.2 Å². The predicted octanol–water partition coefficient (Wildman–Crippen LogP) is 0.931. The molecule has 0 spiro atoms. The lowest BCUT2D eigenvalue weighted by molar-refractivity contribution is -0.148. The Morgan fingerprint density at radius 2 is 2.05 bits per heavy atom. The van der Waals surface area contributed by atoms with Crippen LogP contribution in [-0.2, 0) is 13.6 Å². The third-order valence-electron chi connectivity index (χ3n) is 3.34. The van der Waals surface area contributed by atoms with Crippen molar-refractivity contribution in [3.8, 4) is 0 Å². The molecule has 5 nitrogen and oxygen atoms in total. The highest BCUT2D eigenvalue weighted by molar-refractivity contribution is 4.86. The first-order valence-electron chi connectivity index (χ1n) is 6.29. The van der Waals surface area contributed by atoms with Gasteiger partial charge in [-0.1, -0.05) is 0 Å². The van der Waals surface area contributed by atoms with E-state index in [-0.39, 0.29) is 6.04 Å². The summed E-state index contributed by atoms with van der Waals surface area (Å²) in [6.45, 7) is 0.759. The average Bonchev–Trinajstić information content (AvgIpc) is 2.72. The fraction of sp³-hybridized carbons (Fsp3) is 0.818. The van der Waals surface area contributed by atoms with E-state index in [4.69, 9.17) is 0 Å². The molecule has 0 saturated carbocycles. The molecule has 1 aliphatic heterocycles. The largest absolute Gasteiger partial charge is 0.401 e. The van der Waals surface area contributed by atoms with Gasteiger partial charge >= 0.3 is 6.18 Å². The van der Waals surface area contributed by atoms with Crippen LogP contribution in [0, 0.1) is 0 Å². The molecule has 2 heterocycles. The Kier molecular flexibility index (Phi) is 4.41. The van der Waals surface area contributed by atoms with Crippen molar-refractivity contribution in [2.75, 3.05) is 19.6 Å². The van der Waals surface area contributed by atoms with Crippen molar-refractivity contribution in [2.45, 2.75) is 31.6 Å². The molecule has 8 heteroatoms. The van der Waals surface area contributed by atoms with E-state index in [9.17, 15) is 13.2 Å². The third-order valence-corrected chi connectivity index (χ3v) is 3.34. The molecule has 0 radical (unpaired) electrons. The topological polar surface area (TPSA) is 46.0 Å². The second kappa shape index (κ2) is 5.87. The predicted molar refractivity (Wildman–Crippen MR) is 63.4 cm³/mol. The Bertz CT molecular complexity index is 395. The van der Waals surface area contributed by atoms with Gasteiger partial charge in [0.2, 0.25) is 0 Å². The summed E-state index contributed by atoms with van der Waals surface area (Å²) in [5, 5.41) is 11.0. The second-order valence-corrected chi connectivity index (χ2v) is 4.90. The van der Waals surface area contributed by atoms with E-state index in [1.807, 2.05) is 11.6 Å². The van der Waals surface area contributed by atoms with Crippen LogP contribution in [0.5, 0.6) is 0 Å². The molecule has 0 atom stereocenters. The van der Waals surface area contributed by atoms with Gasteiger partial charge in [0.25, 0.3) is 0 Å². The van der Waals surface area contributed by atoms with Gasteiger partial charge in [0.15, 0.2) is 0 Å². The van der Waals surface area contributed by atoms with Gasteiger partial charge in [-0.2, -0.15) is 13.2 Å². The molecular weight excluding hydrogens is 259 g/mol. The van der Waals surface area contributed by atoms with E-state index < -0.39 is 12.7 Å². The first-order valence-corrected chi connectivity index (χ1v) is 6.29. The maximum atomic E-state index is 12.2. The van der Waals surface area contributed by atoms with Gasteiger partial charge in [-0.3, -0.25) is 4.90 Å². The molecule has 1 aliphatic rings. The van der Waals surface area contributed by atoms with Crippen LogP contribution in [0.2, 0.25) is 0 Å². The fourth-order valence-corrected chi connectivity index (χ4v) is 2.25. The second-order valence-electron chi connectivity index (χ2n) is 4.90. The van der Waals surface area contributed by atoms with Gasteiger partial charge in [0.05, 0.1) is 13.1 Å². The van der Waals surface area contributed by atoms with Crippen molar-refractivity contribution < 1.29 is 13.2 Å². The number of rotatable bonds is 4. The maximum absolute atomic E-state index is 12.2. The normalized spacial score (nSPS) is 18.9. The van der Waals surface area contributed by atoms with Crippen LogP contribution in [0.25, 0.3) is 0 Å². The Morgan fingerprint density at radius 3 is 2.58 bits per heavy atom. The summed E-state index contributed by atoms with van der Waals surface area (Å²) in [5.74, 6) is 0.831. The van der Waals surface area contributed by atoms with Crippen LogP contribution >= 0.6 is 0 Å².